The van der Waals surface area contributed by atoms with Crippen molar-refractivity contribution in [2.24, 2.45) is 0 Å². The monoisotopic (exact) mass is 365 g/mol. The molecule has 0 aliphatic carbocycles. The topological polar surface area (TPSA) is 93.5 Å². The number of benzene rings is 1. The highest BCUT2D eigenvalue weighted by molar-refractivity contribution is 5.96. The Hall–Kier alpha value is -3.61. The number of nitrogens with one attached hydrogen (secondary N) is 2. The van der Waals surface area contributed by atoms with E-state index in [0.29, 0.717) is 12.3 Å². The number of amides is 2. The van der Waals surface area contributed by atoms with Crippen LogP contribution in [0, 0.1) is 0 Å². The fourth-order valence-electron chi connectivity index (χ4n) is 2.38. The molecule has 0 saturated heterocycles. The summed E-state index contributed by atoms with van der Waals surface area (Å²) >= 11 is 0. The molecule has 7 nitrogen and oxygen atoms in total. The van der Waals surface area contributed by atoms with E-state index in [0.717, 1.165) is 11.3 Å². The summed E-state index contributed by atoms with van der Waals surface area (Å²) in [5.74, 6) is 0.652. The van der Waals surface area contributed by atoms with Crippen LogP contribution < -0.4 is 15.4 Å². The number of hydrogen-bond acceptors (Lipinski definition) is 5. The van der Waals surface area contributed by atoms with Gasteiger partial charge in [-0.15, -0.1) is 0 Å². The Kier molecular flexibility index (Phi) is 5.84. The molecule has 2 aromatic heterocycles. The fourth-order valence-corrected chi connectivity index (χ4v) is 2.38. The number of ether oxygens (including phenoxy) is 1. The van der Waals surface area contributed by atoms with Gasteiger partial charge in [-0.25, -0.2) is 4.98 Å². The standard InChI is InChI=1S/C20H19N3O4/c1-26-15-9-7-14(8-10-15)12-21-19(24)17-5-2-6-18(23-17)20(25)22-13-16-4-3-11-27-16/h2-11H,12-13H2,1H3,(H,21,24)(H,22,25). The molecule has 0 bridgehead atoms. The second-order valence-corrected chi connectivity index (χ2v) is 5.70. The minimum Gasteiger partial charge on any atom is -0.497 e. The predicted octanol–water partition coefficient (Wildman–Crippen LogP) is 2.54. The molecule has 7 heteroatoms. The highest BCUT2D eigenvalue weighted by Crippen LogP contribution is 2.11. The van der Waals surface area contributed by atoms with Crippen LogP contribution in [-0.2, 0) is 13.1 Å². The Balaban J connectivity index is 1.58. The highest BCUT2D eigenvalue weighted by atomic mass is 16.5. The number of hydrogen-bond donors (Lipinski definition) is 2. The normalized spacial score (nSPS) is 10.3. The van der Waals surface area contributed by atoms with Crippen molar-refractivity contribution >= 4 is 11.8 Å². The number of nitrogens with zero attached hydrogens (tertiary/aromatic N) is 1. The maximum atomic E-state index is 12.3. The van der Waals surface area contributed by atoms with Crippen LogP contribution in [0.4, 0.5) is 0 Å². The van der Waals surface area contributed by atoms with Gasteiger partial charge in [0.25, 0.3) is 11.8 Å². The molecule has 2 amide bonds. The first kappa shape index (κ1) is 18.2. The molecule has 0 unspecified atom stereocenters. The van der Waals surface area contributed by atoms with E-state index in [4.69, 9.17) is 9.15 Å². The number of carbonyl (C=O) groups is 2. The molecule has 0 saturated carbocycles. The first-order valence-electron chi connectivity index (χ1n) is 8.34. The summed E-state index contributed by atoms with van der Waals surface area (Å²) in [6.07, 6.45) is 1.54. The lowest BCUT2D eigenvalue weighted by Crippen LogP contribution is -2.27. The van der Waals surface area contributed by atoms with Gasteiger partial charge < -0.3 is 19.8 Å². The molecule has 138 valence electrons. The summed E-state index contributed by atoms with van der Waals surface area (Å²) in [5.41, 5.74) is 1.27. The number of aromatic nitrogens is 1. The predicted molar refractivity (Wildman–Crippen MR) is 98.3 cm³/mol. The molecule has 0 atom stereocenters. The summed E-state index contributed by atoms with van der Waals surface area (Å²) in [7, 11) is 1.60. The van der Waals surface area contributed by atoms with Gasteiger partial charge in [0.15, 0.2) is 0 Å². The second kappa shape index (κ2) is 8.66. The molecule has 0 fully saturated rings. The van der Waals surface area contributed by atoms with Crippen LogP contribution in [0.25, 0.3) is 0 Å². The van der Waals surface area contributed by atoms with Crippen LogP contribution in [0.15, 0.2) is 65.3 Å². The van der Waals surface area contributed by atoms with Crippen molar-refractivity contribution in [3.63, 3.8) is 0 Å². The third-order valence-electron chi connectivity index (χ3n) is 3.83. The maximum absolute atomic E-state index is 12.3. The van der Waals surface area contributed by atoms with Gasteiger partial charge >= 0.3 is 0 Å². The van der Waals surface area contributed by atoms with Crippen LogP contribution in [-0.4, -0.2) is 23.9 Å². The lowest BCUT2D eigenvalue weighted by Gasteiger charge is -2.07. The zero-order chi connectivity index (χ0) is 19.1. The van der Waals surface area contributed by atoms with Gasteiger partial charge in [0, 0.05) is 6.54 Å². The molecule has 0 spiro atoms. The largest absolute Gasteiger partial charge is 0.497 e. The van der Waals surface area contributed by atoms with Crippen molar-refractivity contribution < 1.29 is 18.7 Å². The molecule has 0 radical (unpaired) electrons. The Morgan fingerprint density at radius 2 is 1.59 bits per heavy atom. The van der Waals surface area contributed by atoms with Gasteiger partial charge in [0.1, 0.15) is 22.9 Å². The van der Waals surface area contributed by atoms with E-state index in [-0.39, 0.29) is 29.7 Å². The van der Waals surface area contributed by atoms with Crippen LogP contribution in [0.2, 0.25) is 0 Å². The van der Waals surface area contributed by atoms with Gasteiger partial charge in [-0.05, 0) is 42.0 Å². The number of pyridine rings is 1. The zero-order valence-electron chi connectivity index (χ0n) is 14.8. The van der Waals surface area contributed by atoms with Crippen LogP contribution >= 0.6 is 0 Å². The van der Waals surface area contributed by atoms with Crippen molar-refractivity contribution in [1.29, 1.82) is 0 Å². The van der Waals surface area contributed by atoms with Gasteiger partial charge in [0.2, 0.25) is 0 Å². The molecule has 0 aliphatic rings. The molecular formula is C20H19N3O4. The molecular weight excluding hydrogens is 346 g/mol. The minimum atomic E-state index is -0.379. The van der Waals surface area contributed by atoms with Crippen molar-refractivity contribution in [3.05, 3.63) is 83.6 Å². The first-order chi connectivity index (χ1) is 13.2. The first-order valence-corrected chi connectivity index (χ1v) is 8.34. The number of rotatable bonds is 7. The third-order valence-corrected chi connectivity index (χ3v) is 3.83. The van der Waals surface area contributed by atoms with E-state index >= 15 is 0 Å². The van der Waals surface area contributed by atoms with Gasteiger partial charge in [0.05, 0.1) is 19.9 Å². The maximum Gasteiger partial charge on any atom is 0.270 e. The Labute approximate surface area is 156 Å². The summed E-state index contributed by atoms with van der Waals surface area (Å²) < 4.78 is 10.3. The molecule has 2 N–H and O–H groups in total. The molecule has 0 aliphatic heterocycles. The van der Waals surface area contributed by atoms with Crippen molar-refractivity contribution in [1.82, 2.24) is 15.6 Å². The average molecular weight is 365 g/mol. The van der Waals surface area contributed by atoms with E-state index < -0.39 is 0 Å². The molecule has 27 heavy (non-hydrogen) atoms. The molecule has 3 aromatic rings. The number of methoxy groups -OCH3 is 1. The van der Waals surface area contributed by atoms with Gasteiger partial charge in [-0.2, -0.15) is 0 Å². The van der Waals surface area contributed by atoms with E-state index in [1.54, 1.807) is 37.4 Å². The van der Waals surface area contributed by atoms with Gasteiger partial charge in [-0.1, -0.05) is 18.2 Å². The van der Waals surface area contributed by atoms with E-state index in [1.807, 2.05) is 24.3 Å². The Morgan fingerprint density at radius 3 is 2.19 bits per heavy atom. The van der Waals surface area contributed by atoms with Crippen LogP contribution in [0.1, 0.15) is 32.3 Å². The summed E-state index contributed by atoms with van der Waals surface area (Å²) in [6, 6.07) is 15.6. The quantitative estimate of drug-likeness (QED) is 0.671. The third kappa shape index (κ3) is 4.94. The van der Waals surface area contributed by atoms with E-state index in [1.165, 1.54) is 6.26 Å². The molecule has 3 rings (SSSR count). The van der Waals surface area contributed by atoms with Crippen molar-refractivity contribution in [2.75, 3.05) is 7.11 Å². The summed E-state index contributed by atoms with van der Waals surface area (Å²) in [6.45, 7) is 0.598. The number of furan rings is 1. The SMILES string of the molecule is COc1ccc(CNC(=O)c2cccc(C(=O)NCc3ccco3)n2)cc1. The smallest absolute Gasteiger partial charge is 0.270 e. The van der Waals surface area contributed by atoms with Crippen LogP contribution in [0.5, 0.6) is 5.75 Å². The lowest BCUT2D eigenvalue weighted by molar-refractivity contribution is 0.0939. The zero-order valence-corrected chi connectivity index (χ0v) is 14.8. The summed E-state index contributed by atoms with van der Waals surface area (Å²) in [5, 5.41) is 5.48. The highest BCUT2D eigenvalue weighted by Gasteiger charge is 2.12. The minimum absolute atomic E-state index is 0.165. The Morgan fingerprint density at radius 1 is 0.926 bits per heavy atom. The van der Waals surface area contributed by atoms with E-state index in [9.17, 15) is 9.59 Å². The van der Waals surface area contributed by atoms with Crippen molar-refractivity contribution in [2.45, 2.75) is 13.1 Å². The second-order valence-electron chi connectivity index (χ2n) is 5.70. The Bertz CT molecular complexity index is 905. The fraction of sp³-hybridized carbons (Fsp3) is 0.150. The number of carbonyl (C=O) groups excluding carboxylic acids is 2. The molecule has 1 aromatic carbocycles. The lowest BCUT2D eigenvalue weighted by atomic mass is 10.2. The van der Waals surface area contributed by atoms with Crippen LogP contribution in [0.3, 0.4) is 0 Å². The van der Waals surface area contributed by atoms with E-state index in [2.05, 4.69) is 15.6 Å². The molecule has 2 heterocycles. The summed E-state index contributed by atoms with van der Waals surface area (Å²) in [4.78, 5) is 28.6. The average Bonchev–Trinajstić information content (AvgIpc) is 3.24. The van der Waals surface area contributed by atoms with Crippen molar-refractivity contribution in [3.8, 4) is 5.75 Å². The van der Waals surface area contributed by atoms with Gasteiger partial charge in [-0.3, -0.25) is 9.59 Å².